The number of aromatic amines is 1. The molecule has 7 nitrogen and oxygen atoms in total. The number of likely N-dealkylation sites (tertiary alicyclic amines) is 1. The zero-order chi connectivity index (χ0) is 15.7. The summed E-state index contributed by atoms with van der Waals surface area (Å²) in [6, 6.07) is 4.57. The van der Waals surface area contributed by atoms with Crippen molar-refractivity contribution in [3.05, 3.63) is 39.0 Å². The number of hydrogen-bond donors (Lipinski definition) is 2. The molecular weight excluding hydrogens is 286 g/mol. The molecule has 1 aromatic carbocycles. The van der Waals surface area contributed by atoms with E-state index in [-0.39, 0.29) is 22.6 Å². The highest BCUT2D eigenvalue weighted by Gasteiger charge is 2.19. The van der Waals surface area contributed by atoms with Crippen LogP contribution in [-0.2, 0) is 11.3 Å². The molecule has 1 fully saturated rings. The van der Waals surface area contributed by atoms with E-state index in [1.165, 1.54) is 10.6 Å². The van der Waals surface area contributed by atoms with Crippen molar-refractivity contribution in [1.29, 1.82) is 0 Å². The number of nitrogens with one attached hydrogen (secondary N) is 1. The van der Waals surface area contributed by atoms with E-state index in [4.69, 9.17) is 0 Å². The van der Waals surface area contributed by atoms with Crippen molar-refractivity contribution in [2.75, 3.05) is 13.1 Å². The average Bonchev–Trinajstić information content (AvgIpc) is 2.88. The minimum absolute atomic E-state index is 0.0991. The summed E-state index contributed by atoms with van der Waals surface area (Å²) in [6.45, 7) is 1.65. The van der Waals surface area contributed by atoms with Crippen LogP contribution in [0.3, 0.4) is 0 Å². The summed E-state index contributed by atoms with van der Waals surface area (Å²) in [5, 5.41) is 10.3. The van der Waals surface area contributed by atoms with Crippen LogP contribution in [0.1, 0.15) is 19.3 Å². The zero-order valence-electron chi connectivity index (χ0n) is 12.0. The smallest absolute Gasteiger partial charge is 0.328 e. The Morgan fingerprint density at radius 3 is 2.73 bits per heavy atom. The SMILES string of the molecule is O=C1CCCN1CCCn1c(=O)[nH]c(=O)c2cccc(O)c21. The van der Waals surface area contributed by atoms with Gasteiger partial charge in [0.2, 0.25) is 5.91 Å². The van der Waals surface area contributed by atoms with Crippen molar-refractivity contribution in [2.24, 2.45) is 0 Å². The Bertz CT molecular complexity index is 837. The van der Waals surface area contributed by atoms with Gasteiger partial charge in [-0.1, -0.05) is 6.07 Å². The number of aromatic hydroxyl groups is 1. The molecule has 3 rings (SSSR count). The lowest BCUT2D eigenvalue weighted by atomic mass is 10.2. The zero-order valence-corrected chi connectivity index (χ0v) is 12.0. The van der Waals surface area contributed by atoms with E-state index < -0.39 is 11.2 Å². The molecule has 1 aliphatic heterocycles. The number of amides is 1. The summed E-state index contributed by atoms with van der Waals surface area (Å²) < 4.78 is 1.35. The second-order valence-electron chi connectivity index (χ2n) is 5.42. The van der Waals surface area contributed by atoms with E-state index in [1.807, 2.05) is 0 Å². The van der Waals surface area contributed by atoms with Crippen LogP contribution in [0, 0.1) is 0 Å². The molecule has 0 radical (unpaired) electrons. The number of para-hydroxylation sites is 1. The summed E-state index contributed by atoms with van der Waals surface area (Å²) in [4.78, 5) is 39.4. The maximum absolute atomic E-state index is 12.0. The average molecular weight is 303 g/mol. The van der Waals surface area contributed by atoms with E-state index in [1.54, 1.807) is 17.0 Å². The maximum Gasteiger partial charge on any atom is 0.328 e. The van der Waals surface area contributed by atoms with Crippen LogP contribution in [0.15, 0.2) is 27.8 Å². The number of phenols is 1. The van der Waals surface area contributed by atoms with Gasteiger partial charge in [0.1, 0.15) is 11.3 Å². The van der Waals surface area contributed by atoms with Gasteiger partial charge in [-0.15, -0.1) is 0 Å². The molecule has 1 amide bonds. The van der Waals surface area contributed by atoms with Gasteiger partial charge in [0.25, 0.3) is 5.56 Å². The van der Waals surface area contributed by atoms with Crippen molar-refractivity contribution >= 4 is 16.8 Å². The number of nitrogens with zero attached hydrogens (tertiary/aromatic N) is 2. The standard InChI is InChI=1S/C15H17N3O4/c19-11-5-1-4-10-13(11)18(15(22)16-14(10)21)9-3-8-17-7-2-6-12(17)20/h1,4-5,19H,2-3,6-9H2,(H,16,21,22). The van der Waals surface area contributed by atoms with Gasteiger partial charge in [0.15, 0.2) is 0 Å². The van der Waals surface area contributed by atoms with Crippen molar-refractivity contribution in [3.63, 3.8) is 0 Å². The third kappa shape index (κ3) is 2.49. The van der Waals surface area contributed by atoms with Crippen LogP contribution >= 0.6 is 0 Å². The van der Waals surface area contributed by atoms with Crippen LogP contribution in [0.4, 0.5) is 0 Å². The molecule has 22 heavy (non-hydrogen) atoms. The molecule has 2 aromatic rings. The lowest BCUT2D eigenvalue weighted by Crippen LogP contribution is -2.32. The van der Waals surface area contributed by atoms with E-state index in [2.05, 4.69) is 4.98 Å². The number of carbonyl (C=O) groups is 1. The molecule has 1 aromatic heterocycles. The third-order valence-electron chi connectivity index (χ3n) is 3.98. The van der Waals surface area contributed by atoms with Crippen LogP contribution in [0.25, 0.3) is 10.9 Å². The van der Waals surface area contributed by atoms with Gasteiger partial charge in [-0.2, -0.15) is 0 Å². The molecule has 2 heterocycles. The van der Waals surface area contributed by atoms with Crippen molar-refractivity contribution < 1.29 is 9.90 Å². The van der Waals surface area contributed by atoms with Crippen LogP contribution < -0.4 is 11.2 Å². The van der Waals surface area contributed by atoms with Gasteiger partial charge in [-0.3, -0.25) is 19.1 Å². The van der Waals surface area contributed by atoms with Gasteiger partial charge in [0, 0.05) is 26.1 Å². The first kappa shape index (κ1) is 14.4. The summed E-state index contributed by atoms with van der Waals surface area (Å²) in [6.07, 6.45) is 2.05. The van der Waals surface area contributed by atoms with Crippen LogP contribution in [-0.4, -0.2) is 38.6 Å². The first-order valence-corrected chi connectivity index (χ1v) is 7.30. The number of H-pyrrole nitrogens is 1. The number of fused-ring (bicyclic) bond motifs is 1. The topological polar surface area (TPSA) is 95.4 Å². The molecule has 0 unspecified atom stereocenters. The molecule has 0 atom stereocenters. The molecule has 0 bridgehead atoms. The molecule has 1 saturated heterocycles. The number of rotatable bonds is 4. The van der Waals surface area contributed by atoms with E-state index >= 15 is 0 Å². The molecule has 0 spiro atoms. The number of aromatic nitrogens is 2. The highest BCUT2D eigenvalue weighted by molar-refractivity contribution is 5.83. The molecule has 7 heteroatoms. The Kier molecular flexibility index (Phi) is 3.70. The number of phenolic OH excluding ortho intramolecular Hbond substituents is 1. The highest BCUT2D eigenvalue weighted by atomic mass is 16.3. The van der Waals surface area contributed by atoms with Crippen LogP contribution in [0.2, 0.25) is 0 Å². The largest absolute Gasteiger partial charge is 0.506 e. The second-order valence-corrected chi connectivity index (χ2v) is 5.42. The Morgan fingerprint density at radius 1 is 1.18 bits per heavy atom. The Balaban J connectivity index is 1.89. The second kappa shape index (κ2) is 5.67. The number of carbonyl (C=O) groups excluding carboxylic acids is 1. The molecule has 1 aliphatic rings. The monoisotopic (exact) mass is 303 g/mol. The van der Waals surface area contributed by atoms with E-state index in [9.17, 15) is 19.5 Å². The highest BCUT2D eigenvalue weighted by Crippen LogP contribution is 2.20. The van der Waals surface area contributed by atoms with Crippen LogP contribution in [0.5, 0.6) is 5.75 Å². The van der Waals surface area contributed by atoms with Gasteiger partial charge in [0.05, 0.1) is 5.39 Å². The van der Waals surface area contributed by atoms with Gasteiger partial charge >= 0.3 is 5.69 Å². The van der Waals surface area contributed by atoms with Gasteiger partial charge in [-0.05, 0) is 25.0 Å². The molecular formula is C15H17N3O4. The molecule has 2 N–H and O–H groups in total. The molecule has 0 saturated carbocycles. The Labute approximate surface area is 125 Å². The fourth-order valence-corrected chi connectivity index (χ4v) is 2.91. The predicted octanol–water partition coefficient (Wildman–Crippen LogP) is 0.408. The number of benzene rings is 1. The number of hydrogen-bond acceptors (Lipinski definition) is 4. The fraction of sp³-hybridized carbons (Fsp3) is 0.400. The summed E-state index contributed by atoms with van der Waals surface area (Å²) >= 11 is 0. The predicted molar refractivity (Wildman–Crippen MR) is 80.9 cm³/mol. The van der Waals surface area contributed by atoms with E-state index in [0.29, 0.717) is 25.9 Å². The fourth-order valence-electron chi connectivity index (χ4n) is 2.91. The van der Waals surface area contributed by atoms with Crippen molar-refractivity contribution in [3.8, 4) is 5.75 Å². The molecule has 0 aliphatic carbocycles. The normalized spacial score (nSPS) is 14.9. The minimum Gasteiger partial charge on any atom is -0.506 e. The van der Waals surface area contributed by atoms with E-state index in [0.717, 1.165) is 13.0 Å². The quantitative estimate of drug-likeness (QED) is 0.855. The number of aryl methyl sites for hydroxylation is 1. The van der Waals surface area contributed by atoms with Gasteiger partial charge in [-0.25, -0.2) is 4.79 Å². The third-order valence-corrected chi connectivity index (χ3v) is 3.98. The summed E-state index contributed by atoms with van der Waals surface area (Å²) in [5.74, 6) is 0.0412. The lowest BCUT2D eigenvalue weighted by molar-refractivity contribution is -0.127. The molecule has 116 valence electrons. The Morgan fingerprint density at radius 2 is 2.00 bits per heavy atom. The van der Waals surface area contributed by atoms with Crippen molar-refractivity contribution in [2.45, 2.75) is 25.8 Å². The maximum atomic E-state index is 12.0. The summed E-state index contributed by atoms with van der Waals surface area (Å²) in [5.41, 5.74) is -0.822. The minimum atomic E-state index is -0.549. The summed E-state index contributed by atoms with van der Waals surface area (Å²) in [7, 11) is 0. The lowest BCUT2D eigenvalue weighted by Gasteiger charge is -2.16. The first-order chi connectivity index (χ1) is 10.6. The van der Waals surface area contributed by atoms with Crippen molar-refractivity contribution in [1.82, 2.24) is 14.5 Å². The first-order valence-electron chi connectivity index (χ1n) is 7.30. The Hall–Kier alpha value is -2.57. The van der Waals surface area contributed by atoms with Gasteiger partial charge < -0.3 is 10.0 Å².